The molecule has 33 heavy (non-hydrogen) atoms. The predicted molar refractivity (Wildman–Crippen MR) is 123 cm³/mol. The largest absolute Gasteiger partial charge is 0.502 e. The van der Waals surface area contributed by atoms with Crippen LogP contribution in [0.15, 0.2) is 29.2 Å². The van der Waals surface area contributed by atoms with Crippen molar-refractivity contribution in [2.75, 3.05) is 18.1 Å². The summed E-state index contributed by atoms with van der Waals surface area (Å²) in [6, 6.07) is 4.74. The van der Waals surface area contributed by atoms with E-state index in [1.165, 1.54) is 6.07 Å². The fourth-order valence-corrected chi connectivity index (χ4v) is 5.58. The molecule has 11 heteroatoms. The molecule has 3 aromatic rings. The van der Waals surface area contributed by atoms with Gasteiger partial charge in [-0.05, 0) is 37.8 Å². The maximum Gasteiger partial charge on any atom is 0.278 e. The third-order valence-corrected chi connectivity index (χ3v) is 7.37. The molecule has 1 N–H and O–H groups in total. The van der Waals surface area contributed by atoms with Crippen LogP contribution in [0.4, 0.5) is 4.39 Å². The smallest absolute Gasteiger partial charge is 0.278 e. The topological polar surface area (TPSA) is 91.6 Å². The third kappa shape index (κ3) is 3.57. The van der Waals surface area contributed by atoms with E-state index in [9.17, 15) is 19.1 Å². The van der Waals surface area contributed by atoms with E-state index < -0.39 is 17.0 Å². The van der Waals surface area contributed by atoms with Gasteiger partial charge in [-0.25, -0.2) is 4.39 Å². The first-order valence-corrected chi connectivity index (χ1v) is 11.9. The van der Waals surface area contributed by atoms with E-state index in [4.69, 9.17) is 11.6 Å². The minimum Gasteiger partial charge on any atom is -0.502 e. The summed E-state index contributed by atoms with van der Waals surface area (Å²) in [5.74, 6) is -1.48. The molecular weight excluding hydrogens is 469 g/mol. The summed E-state index contributed by atoms with van der Waals surface area (Å²) in [4.78, 5) is 27.8. The summed E-state index contributed by atoms with van der Waals surface area (Å²) in [5, 5.41) is 21.8. The number of carbonyl (C=O) groups excluding carboxylic acids is 1. The number of hydrogen-bond donors (Lipinski definition) is 1. The van der Waals surface area contributed by atoms with Crippen LogP contribution in [-0.4, -0.2) is 50.0 Å². The molecule has 1 aromatic carbocycles. The Labute approximate surface area is 197 Å². The normalized spacial score (nSPS) is 17.8. The summed E-state index contributed by atoms with van der Waals surface area (Å²) in [6.07, 6.45) is 4.35. The number of fused-ring (bicyclic) bond motifs is 3. The van der Waals surface area contributed by atoms with Crippen molar-refractivity contribution >= 4 is 28.8 Å². The predicted octanol–water partition coefficient (Wildman–Crippen LogP) is 3.38. The Morgan fingerprint density at radius 2 is 2.09 bits per heavy atom. The minimum atomic E-state index is -0.683. The van der Waals surface area contributed by atoms with Crippen molar-refractivity contribution < 1.29 is 14.3 Å². The number of pyridine rings is 1. The highest BCUT2D eigenvalue weighted by atomic mass is 35.5. The number of aromatic hydroxyl groups is 1. The molecule has 1 saturated heterocycles. The van der Waals surface area contributed by atoms with E-state index in [-0.39, 0.29) is 34.8 Å². The molecule has 2 aromatic heterocycles. The number of piperidine rings is 1. The second-order valence-electron chi connectivity index (χ2n) is 8.03. The Hall–Kier alpha value is -2.98. The lowest BCUT2D eigenvalue weighted by Gasteiger charge is -2.48. The van der Waals surface area contributed by atoms with Gasteiger partial charge in [-0.2, -0.15) is 0 Å². The second-order valence-corrected chi connectivity index (χ2v) is 9.50. The van der Waals surface area contributed by atoms with E-state index in [2.05, 4.69) is 10.2 Å². The van der Waals surface area contributed by atoms with Crippen LogP contribution in [0.1, 0.15) is 47.2 Å². The van der Waals surface area contributed by atoms with E-state index in [0.717, 1.165) is 30.6 Å². The van der Waals surface area contributed by atoms with E-state index in [1.54, 1.807) is 27.9 Å². The highest BCUT2D eigenvalue weighted by molar-refractivity contribution is 7.14. The molecule has 8 nitrogen and oxygen atoms in total. The van der Waals surface area contributed by atoms with Crippen molar-refractivity contribution in [3.05, 3.63) is 61.7 Å². The van der Waals surface area contributed by atoms with Gasteiger partial charge in [0.25, 0.3) is 5.91 Å². The molecular formula is C22H21ClFN5O3S. The summed E-state index contributed by atoms with van der Waals surface area (Å²) < 4.78 is 15.9. The van der Waals surface area contributed by atoms with E-state index in [1.807, 2.05) is 11.9 Å². The molecule has 4 heterocycles. The Kier molecular flexibility index (Phi) is 5.57. The fraction of sp³-hybridized carbons (Fsp3) is 0.364. The van der Waals surface area contributed by atoms with Crippen LogP contribution in [-0.2, 0) is 6.42 Å². The highest BCUT2D eigenvalue weighted by Gasteiger charge is 2.40. The number of rotatable bonds is 4. The number of aromatic nitrogens is 3. The average Bonchev–Trinajstić information content (AvgIpc) is 3.27. The molecule has 1 atom stereocenters. The molecule has 2 aliphatic rings. The lowest BCUT2D eigenvalue weighted by molar-refractivity contribution is 0.0536. The van der Waals surface area contributed by atoms with Gasteiger partial charge in [0.2, 0.25) is 5.43 Å². The van der Waals surface area contributed by atoms with Gasteiger partial charge in [0.15, 0.2) is 16.5 Å². The van der Waals surface area contributed by atoms with Gasteiger partial charge in [-0.3, -0.25) is 19.3 Å². The summed E-state index contributed by atoms with van der Waals surface area (Å²) >= 11 is 6.99. The molecule has 0 aliphatic carbocycles. The summed E-state index contributed by atoms with van der Waals surface area (Å²) in [5.41, 5.74) is -0.197. The van der Waals surface area contributed by atoms with Crippen molar-refractivity contribution in [2.45, 2.75) is 38.8 Å². The van der Waals surface area contributed by atoms with Crippen LogP contribution in [0, 0.1) is 5.82 Å². The molecule has 5 rings (SSSR count). The van der Waals surface area contributed by atoms with Crippen LogP contribution in [0.3, 0.4) is 0 Å². The average molecular weight is 490 g/mol. The quantitative estimate of drug-likeness (QED) is 0.604. The zero-order chi connectivity index (χ0) is 23.3. The van der Waals surface area contributed by atoms with Gasteiger partial charge in [-0.1, -0.05) is 35.1 Å². The molecule has 1 amide bonds. The zero-order valence-electron chi connectivity index (χ0n) is 17.8. The van der Waals surface area contributed by atoms with Crippen molar-refractivity contribution in [3.8, 4) is 16.3 Å². The molecule has 0 bridgehead atoms. The van der Waals surface area contributed by atoms with Gasteiger partial charge >= 0.3 is 0 Å². The number of hydrogen-bond acceptors (Lipinski definition) is 7. The lowest BCUT2D eigenvalue weighted by atomic mass is 10.1. The Balaban J connectivity index is 1.56. The molecule has 172 valence electrons. The molecule has 0 saturated carbocycles. The molecule has 1 fully saturated rings. The van der Waals surface area contributed by atoms with Crippen LogP contribution < -0.4 is 10.4 Å². The van der Waals surface area contributed by atoms with Crippen LogP contribution in [0.25, 0.3) is 10.6 Å². The van der Waals surface area contributed by atoms with Crippen molar-refractivity contribution in [3.63, 3.8) is 0 Å². The Morgan fingerprint density at radius 1 is 1.27 bits per heavy atom. The van der Waals surface area contributed by atoms with Gasteiger partial charge < -0.3 is 10.0 Å². The first-order chi connectivity index (χ1) is 15.9. The van der Waals surface area contributed by atoms with Gasteiger partial charge in [0, 0.05) is 25.7 Å². The summed E-state index contributed by atoms with van der Waals surface area (Å²) in [6.45, 7) is 3.06. The molecule has 0 unspecified atom stereocenters. The molecule has 0 radical (unpaired) electrons. The highest BCUT2D eigenvalue weighted by Crippen LogP contribution is 2.32. The number of nitrogens with zero attached hydrogens (tertiary/aromatic N) is 5. The van der Waals surface area contributed by atoms with Crippen molar-refractivity contribution in [2.24, 2.45) is 0 Å². The maximum atomic E-state index is 14.3. The fourth-order valence-electron chi connectivity index (χ4n) is 4.52. The maximum absolute atomic E-state index is 14.3. The van der Waals surface area contributed by atoms with Crippen LogP contribution in [0.2, 0.25) is 5.02 Å². The lowest BCUT2D eigenvalue weighted by Crippen LogP contribution is -2.62. The van der Waals surface area contributed by atoms with Crippen LogP contribution >= 0.6 is 22.9 Å². The van der Waals surface area contributed by atoms with Crippen molar-refractivity contribution in [1.82, 2.24) is 19.8 Å². The van der Waals surface area contributed by atoms with E-state index >= 15 is 0 Å². The third-order valence-electron chi connectivity index (χ3n) is 6.12. The zero-order valence-corrected chi connectivity index (χ0v) is 19.4. The van der Waals surface area contributed by atoms with Crippen LogP contribution in [0.5, 0.6) is 5.75 Å². The van der Waals surface area contributed by atoms with E-state index in [0.29, 0.717) is 28.7 Å². The number of benzene rings is 1. The Bertz CT molecular complexity index is 1310. The summed E-state index contributed by atoms with van der Waals surface area (Å²) in [7, 11) is 0. The van der Waals surface area contributed by atoms with Gasteiger partial charge in [0.05, 0.1) is 10.6 Å². The molecule has 0 spiro atoms. The van der Waals surface area contributed by atoms with Crippen molar-refractivity contribution in [1.29, 1.82) is 0 Å². The van der Waals surface area contributed by atoms with Gasteiger partial charge in [0.1, 0.15) is 17.0 Å². The monoisotopic (exact) mass is 489 g/mol. The first kappa shape index (κ1) is 21.8. The second kappa shape index (κ2) is 8.42. The first-order valence-electron chi connectivity index (χ1n) is 10.7. The molecule has 2 aliphatic heterocycles. The number of amides is 1. The number of carbonyl (C=O) groups is 1. The standard InChI is InChI=1S/C22H21ClFN5O3S/c1-2-27-16-8-3-4-9-28(16)29-11-13(19(30)20(31)18(29)22(27)32)21-26-25-15(33-21)10-12-6-5-7-14(23)17(12)24/h5-7,11,16,31H,2-4,8-10H2,1H3/t16-/m0/s1. The van der Waals surface area contributed by atoms with Gasteiger partial charge in [-0.15, -0.1) is 10.2 Å². The SMILES string of the molecule is CCN1C(=O)c2c(O)c(=O)c(-c3nnc(Cc4cccc(Cl)c4F)s3)cn2N2CCCC[C@@H]12. The minimum absolute atomic E-state index is 0.0250. The number of halogens is 2. The Morgan fingerprint density at radius 3 is 2.88 bits per heavy atom.